The summed E-state index contributed by atoms with van der Waals surface area (Å²) >= 11 is 7.23. The van der Waals surface area contributed by atoms with Gasteiger partial charge < -0.3 is 19.5 Å². The minimum Gasteiger partial charge on any atom is -0.494 e. The fraction of sp³-hybridized carbons (Fsp3) is 0.217. The van der Waals surface area contributed by atoms with Gasteiger partial charge in [0.25, 0.3) is 5.91 Å². The molecule has 0 saturated heterocycles. The molecular weight excluding hydrogens is 438 g/mol. The Bertz CT molecular complexity index is 1080. The van der Waals surface area contributed by atoms with Gasteiger partial charge in [-0.05, 0) is 49.7 Å². The smallest absolute Gasteiger partial charge is 0.341 e. The number of benzene rings is 2. The molecule has 0 unspecified atom stereocenters. The van der Waals surface area contributed by atoms with Gasteiger partial charge >= 0.3 is 5.97 Å². The van der Waals surface area contributed by atoms with Crippen LogP contribution in [0.4, 0.5) is 5.00 Å². The lowest BCUT2D eigenvalue weighted by Gasteiger charge is -2.10. The molecular formula is C23H22ClNO5S. The average Bonchev–Trinajstić information content (AvgIpc) is 3.08. The first-order valence-electron chi connectivity index (χ1n) is 9.56. The molecule has 1 heterocycles. The standard InChI is InChI=1S/C23H22ClNO5S/c1-4-29-17-10-8-15(9-11-17)20-14(2)31-22(21(20)23(27)28-3)25-19(26)13-30-18-7-5-6-16(24)12-18/h5-12H,4,13H2,1-3H3,(H,25,26). The van der Waals surface area contributed by atoms with Gasteiger partial charge in [-0.15, -0.1) is 11.3 Å². The Morgan fingerprint density at radius 2 is 1.81 bits per heavy atom. The van der Waals surface area contributed by atoms with Crippen molar-refractivity contribution in [1.29, 1.82) is 0 Å². The molecule has 0 aliphatic rings. The van der Waals surface area contributed by atoms with Crippen molar-refractivity contribution in [2.75, 3.05) is 25.6 Å². The normalized spacial score (nSPS) is 10.5. The molecule has 2 aromatic carbocycles. The Kier molecular flexibility index (Phi) is 7.55. The second-order valence-electron chi connectivity index (χ2n) is 6.48. The largest absolute Gasteiger partial charge is 0.494 e. The molecule has 3 aromatic rings. The minimum atomic E-state index is -0.528. The lowest BCUT2D eigenvalue weighted by molar-refractivity contribution is -0.118. The summed E-state index contributed by atoms with van der Waals surface area (Å²) in [6.45, 7) is 4.15. The first-order valence-corrected chi connectivity index (χ1v) is 10.8. The van der Waals surface area contributed by atoms with E-state index in [4.69, 9.17) is 25.8 Å². The van der Waals surface area contributed by atoms with E-state index in [0.717, 1.165) is 16.2 Å². The number of aryl methyl sites for hydroxylation is 1. The third kappa shape index (κ3) is 5.57. The van der Waals surface area contributed by atoms with Gasteiger partial charge in [0.15, 0.2) is 6.61 Å². The number of hydrogen-bond donors (Lipinski definition) is 1. The van der Waals surface area contributed by atoms with Crippen molar-refractivity contribution >= 4 is 39.8 Å². The van der Waals surface area contributed by atoms with Crippen molar-refractivity contribution in [2.45, 2.75) is 13.8 Å². The maximum atomic E-state index is 12.6. The third-order valence-corrected chi connectivity index (χ3v) is 5.60. The van der Waals surface area contributed by atoms with Crippen LogP contribution in [0.2, 0.25) is 5.02 Å². The lowest BCUT2D eigenvalue weighted by Crippen LogP contribution is -2.21. The third-order valence-electron chi connectivity index (χ3n) is 4.35. The number of nitrogens with one attached hydrogen (secondary N) is 1. The van der Waals surface area contributed by atoms with E-state index in [-0.39, 0.29) is 6.61 Å². The Hall–Kier alpha value is -3.03. The van der Waals surface area contributed by atoms with Gasteiger partial charge in [0.2, 0.25) is 0 Å². The zero-order valence-corrected chi connectivity index (χ0v) is 18.9. The maximum absolute atomic E-state index is 12.6. The number of carbonyl (C=O) groups is 2. The Morgan fingerprint density at radius 3 is 2.45 bits per heavy atom. The molecule has 1 aromatic heterocycles. The van der Waals surface area contributed by atoms with E-state index < -0.39 is 11.9 Å². The number of carbonyl (C=O) groups excluding carboxylic acids is 2. The fourth-order valence-electron chi connectivity index (χ4n) is 3.03. The molecule has 1 amide bonds. The van der Waals surface area contributed by atoms with Crippen LogP contribution >= 0.6 is 22.9 Å². The molecule has 6 nitrogen and oxygen atoms in total. The van der Waals surface area contributed by atoms with Crippen molar-refractivity contribution < 1.29 is 23.8 Å². The highest BCUT2D eigenvalue weighted by molar-refractivity contribution is 7.17. The van der Waals surface area contributed by atoms with E-state index in [1.54, 1.807) is 24.3 Å². The highest BCUT2D eigenvalue weighted by atomic mass is 35.5. The zero-order chi connectivity index (χ0) is 22.4. The molecule has 0 saturated carbocycles. The molecule has 0 radical (unpaired) electrons. The van der Waals surface area contributed by atoms with Gasteiger partial charge in [0, 0.05) is 15.5 Å². The first kappa shape index (κ1) is 22.7. The molecule has 0 fully saturated rings. The van der Waals surface area contributed by atoms with Gasteiger partial charge in [0.05, 0.1) is 13.7 Å². The highest BCUT2D eigenvalue weighted by Gasteiger charge is 2.25. The summed E-state index contributed by atoms with van der Waals surface area (Å²) in [5.74, 6) is 0.294. The Balaban J connectivity index is 1.84. The topological polar surface area (TPSA) is 73.9 Å². The Morgan fingerprint density at radius 1 is 1.06 bits per heavy atom. The second kappa shape index (κ2) is 10.3. The fourth-order valence-corrected chi connectivity index (χ4v) is 4.29. The number of rotatable bonds is 8. The van der Waals surface area contributed by atoms with Crippen molar-refractivity contribution in [2.24, 2.45) is 0 Å². The van der Waals surface area contributed by atoms with Crippen molar-refractivity contribution in [3.63, 3.8) is 0 Å². The summed E-state index contributed by atoms with van der Waals surface area (Å²) in [6, 6.07) is 14.2. The van der Waals surface area contributed by atoms with E-state index >= 15 is 0 Å². The summed E-state index contributed by atoms with van der Waals surface area (Å²) in [4.78, 5) is 25.9. The number of amides is 1. The molecule has 0 spiro atoms. The van der Waals surface area contributed by atoms with Crippen LogP contribution < -0.4 is 14.8 Å². The lowest BCUT2D eigenvalue weighted by atomic mass is 10.0. The summed E-state index contributed by atoms with van der Waals surface area (Å²) in [6.07, 6.45) is 0. The number of hydrogen-bond acceptors (Lipinski definition) is 6. The van der Waals surface area contributed by atoms with Gasteiger partial charge in [-0.3, -0.25) is 4.79 Å². The number of esters is 1. The van der Waals surface area contributed by atoms with Gasteiger partial charge in [-0.2, -0.15) is 0 Å². The number of methoxy groups -OCH3 is 1. The second-order valence-corrected chi connectivity index (χ2v) is 8.14. The molecule has 3 rings (SSSR count). The van der Waals surface area contributed by atoms with E-state index in [1.165, 1.54) is 18.4 Å². The van der Waals surface area contributed by atoms with Crippen LogP contribution in [0.1, 0.15) is 22.2 Å². The van der Waals surface area contributed by atoms with Crippen LogP contribution in [0.25, 0.3) is 11.1 Å². The summed E-state index contributed by atoms with van der Waals surface area (Å²) in [5, 5.41) is 3.69. The predicted molar refractivity (Wildman–Crippen MR) is 123 cm³/mol. The van der Waals surface area contributed by atoms with Crippen LogP contribution in [-0.2, 0) is 9.53 Å². The first-order chi connectivity index (χ1) is 14.9. The molecule has 0 aliphatic carbocycles. The predicted octanol–water partition coefficient (Wildman–Crippen LogP) is 5.58. The van der Waals surface area contributed by atoms with Crippen LogP contribution in [0.3, 0.4) is 0 Å². The quantitative estimate of drug-likeness (QED) is 0.445. The van der Waals surface area contributed by atoms with Crippen molar-refractivity contribution in [3.8, 4) is 22.6 Å². The van der Waals surface area contributed by atoms with Gasteiger partial charge in [0.1, 0.15) is 22.1 Å². The van der Waals surface area contributed by atoms with Crippen LogP contribution in [0.5, 0.6) is 11.5 Å². The molecule has 0 atom stereocenters. The van der Waals surface area contributed by atoms with Crippen LogP contribution in [0, 0.1) is 6.92 Å². The van der Waals surface area contributed by atoms with Crippen LogP contribution in [-0.4, -0.2) is 32.2 Å². The molecule has 8 heteroatoms. The van der Waals surface area contributed by atoms with Crippen molar-refractivity contribution in [1.82, 2.24) is 0 Å². The minimum absolute atomic E-state index is 0.226. The summed E-state index contributed by atoms with van der Waals surface area (Å²) in [7, 11) is 1.31. The Labute approximate surface area is 189 Å². The molecule has 162 valence electrons. The SMILES string of the molecule is CCOc1ccc(-c2c(C)sc(NC(=O)COc3cccc(Cl)c3)c2C(=O)OC)cc1. The molecule has 31 heavy (non-hydrogen) atoms. The summed E-state index contributed by atoms with van der Waals surface area (Å²) in [5.41, 5.74) is 1.85. The van der Waals surface area contributed by atoms with E-state index in [0.29, 0.717) is 33.5 Å². The van der Waals surface area contributed by atoms with Crippen LogP contribution in [0.15, 0.2) is 48.5 Å². The van der Waals surface area contributed by atoms with E-state index in [9.17, 15) is 9.59 Å². The number of halogens is 1. The monoisotopic (exact) mass is 459 g/mol. The van der Waals surface area contributed by atoms with E-state index in [2.05, 4.69) is 5.32 Å². The van der Waals surface area contributed by atoms with Gasteiger partial charge in [-0.25, -0.2) is 4.79 Å². The molecule has 1 N–H and O–H groups in total. The zero-order valence-electron chi connectivity index (χ0n) is 17.4. The van der Waals surface area contributed by atoms with Gasteiger partial charge in [-0.1, -0.05) is 29.8 Å². The number of thiophene rings is 1. The molecule has 0 bridgehead atoms. The molecule has 0 aliphatic heterocycles. The summed E-state index contributed by atoms with van der Waals surface area (Å²) < 4.78 is 16.0. The highest BCUT2D eigenvalue weighted by Crippen LogP contribution is 2.40. The number of anilines is 1. The van der Waals surface area contributed by atoms with E-state index in [1.807, 2.05) is 38.1 Å². The maximum Gasteiger partial charge on any atom is 0.341 e. The van der Waals surface area contributed by atoms with Crippen molar-refractivity contribution in [3.05, 3.63) is 64.0 Å². The average molecular weight is 460 g/mol. The number of ether oxygens (including phenoxy) is 3.